The topological polar surface area (TPSA) is 26.1 Å². The number of benzene rings is 9. The molecule has 6 heterocycles. The van der Waals surface area contributed by atoms with Gasteiger partial charge in [-0.15, -0.1) is 11.3 Å². The zero-order chi connectivity index (χ0) is 43.0. The maximum absolute atomic E-state index is 7.07. The van der Waals surface area contributed by atoms with E-state index in [4.69, 9.17) is 4.42 Å². The van der Waals surface area contributed by atoms with E-state index < -0.39 is 0 Å². The minimum absolute atomic E-state index is 0.0318. The van der Waals surface area contributed by atoms with Crippen molar-refractivity contribution in [3.63, 3.8) is 0 Å². The fraction of sp³-hybridized carbons (Fsp3) is 0. The summed E-state index contributed by atoms with van der Waals surface area (Å²) in [6.45, 7) is -0.154. The Labute approximate surface area is 386 Å². The summed E-state index contributed by atoms with van der Waals surface area (Å²) >= 11 is 1.94. The maximum Gasteiger partial charge on any atom is 0.264 e. The van der Waals surface area contributed by atoms with Crippen LogP contribution >= 0.6 is 11.3 Å². The molecule has 0 unspecified atom stereocenters. The summed E-state index contributed by atoms with van der Waals surface area (Å²) in [5.41, 5.74) is 20.0. The smallest absolute Gasteiger partial charge is 0.264 e. The molecule has 9 aromatic carbocycles. The number of anilines is 12. The number of hydrogen-bond donors (Lipinski definition) is 0. The summed E-state index contributed by atoms with van der Waals surface area (Å²) in [5.74, 6) is 0.871. The normalized spacial score (nSPS) is 13.9. The Morgan fingerprint density at radius 3 is 1.41 bits per heavy atom. The molecule has 0 bridgehead atoms. The minimum atomic E-state index is -0.122. The predicted octanol–water partition coefficient (Wildman–Crippen LogP) is 11.8. The van der Waals surface area contributed by atoms with Gasteiger partial charge in [0.1, 0.15) is 5.58 Å². The molecular weight excluding hydrogens is 822 g/mol. The zero-order valence-electron chi connectivity index (χ0n) is 35.5. The Kier molecular flexibility index (Phi) is 7.49. The standard InChI is InChI=1S/C58H36B2N4OS/c1-5-19-37(20-6-1)61-45-29-18-32-48-54(45)59(53-41-27-13-15-33-51(41)65-58(53)64(48)40-25-11-4-12-26-40)43-35-44-50(36-49(43)61)62(38-21-7-2-8-22-38)46-30-17-31-47-55(46)60(44)57-56(42-28-14-16-34-52(42)66-57)63(47)39-23-9-3-10-24-39/h1-36H. The van der Waals surface area contributed by atoms with E-state index in [2.05, 4.69) is 238 Å². The molecule has 0 N–H and O–H groups in total. The molecule has 0 spiro atoms. The van der Waals surface area contributed by atoms with Gasteiger partial charge in [0.25, 0.3) is 13.4 Å². The second-order valence-electron chi connectivity index (χ2n) is 17.6. The van der Waals surface area contributed by atoms with Crippen molar-refractivity contribution in [1.29, 1.82) is 0 Å². The Morgan fingerprint density at radius 1 is 0.348 bits per heavy atom. The first-order chi connectivity index (χ1) is 32.8. The molecule has 0 aliphatic carbocycles. The van der Waals surface area contributed by atoms with Crippen molar-refractivity contribution in [2.24, 2.45) is 0 Å². The Morgan fingerprint density at radius 2 is 0.803 bits per heavy atom. The van der Waals surface area contributed by atoms with E-state index in [1.54, 1.807) is 0 Å². The lowest BCUT2D eigenvalue weighted by Gasteiger charge is -2.46. The van der Waals surface area contributed by atoms with Crippen molar-refractivity contribution in [2.45, 2.75) is 0 Å². The van der Waals surface area contributed by atoms with Gasteiger partial charge in [0.05, 0.1) is 5.69 Å². The molecule has 0 radical (unpaired) electrons. The molecule has 0 saturated carbocycles. The first kappa shape index (κ1) is 36.2. The highest BCUT2D eigenvalue weighted by molar-refractivity contribution is 7.33. The van der Waals surface area contributed by atoms with Gasteiger partial charge in [-0.2, -0.15) is 0 Å². The van der Waals surface area contributed by atoms with Crippen LogP contribution in [0.2, 0.25) is 0 Å². The molecule has 2 aromatic heterocycles. The first-order valence-electron chi connectivity index (χ1n) is 22.7. The van der Waals surface area contributed by atoms with Crippen LogP contribution in [0, 0.1) is 0 Å². The number of hydrogen-bond acceptors (Lipinski definition) is 6. The molecule has 306 valence electrons. The summed E-state index contributed by atoms with van der Waals surface area (Å²) in [6, 6.07) is 79.9. The highest BCUT2D eigenvalue weighted by atomic mass is 32.1. The SMILES string of the molecule is c1ccc(N2c3cc4c(cc3B3c5c2cccc5N(c2ccccc2)c2oc5ccccc5c23)B2c3sc5ccccc5c3N(c3ccccc3)c3cccc(c32)N4c2ccccc2)cc1. The molecule has 0 saturated heterocycles. The van der Waals surface area contributed by atoms with Gasteiger partial charge >= 0.3 is 0 Å². The fourth-order valence-electron chi connectivity index (χ4n) is 11.7. The van der Waals surface area contributed by atoms with Crippen molar-refractivity contribution in [1.82, 2.24) is 0 Å². The number of rotatable bonds is 4. The Balaban J connectivity index is 1.08. The van der Waals surface area contributed by atoms with Crippen molar-refractivity contribution < 1.29 is 4.42 Å². The molecule has 15 rings (SSSR count). The molecule has 0 fully saturated rings. The van der Waals surface area contributed by atoms with Crippen LogP contribution in [0.1, 0.15) is 0 Å². The van der Waals surface area contributed by atoms with Gasteiger partial charge in [0.15, 0.2) is 0 Å². The van der Waals surface area contributed by atoms with Crippen LogP contribution in [-0.4, -0.2) is 13.4 Å². The molecule has 4 aliphatic rings. The van der Waals surface area contributed by atoms with E-state index in [1.807, 2.05) is 11.3 Å². The van der Waals surface area contributed by atoms with Crippen LogP contribution in [0.5, 0.6) is 0 Å². The van der Waals surface area contributed by atoms with Crippen LogP contribution in [0.4, 0.5) is 68.4 Å². The highest BCUT2D eigenvalue weighted by Gasteiger charge is 2.50. The number of nitrogens with zero attached hydrogens (tertiary/aromatic N) is 4. The summed E-state index contributed by atoms with van der Waals surface area (Å²) in [4.78, 5) is 9.91. The second-order valence-corrected chi connectivity index (χ2v) is 18.7. The van der Waals surface area contributed by atoms with E-state index in [-0.39, 0.29) is 13.4 Å². The van der Waals surface area contributed by atoms with Crippen molar-refractivity contribution in [2.75, 3.05) is 19.6 Å². The van der Waals surface area contributed by atoms with Gasteiger partial charge in [0, 0.05) is 82.6 Å². The monoisotopic (exact) mass is 858 g/mol. The van der Waals surface area contributed by atoms with Gasteiger partial charge in [-0.25, -0.2) is 0 Å². The van der Waals surface area contributed by atoms with Crippen molar-refractivity contribution in [3.05, 3.63) is 218 Å². The fourth-order valence-corrected chi connectivity index (χ4v) is 13.0. The van der Waals surface area contributed by atoms with Crippen molar-refractivity contribution >= 4 is 146 Å². The average Bonchev–Trinajstić information content (AvgIpc) is 3.96. The summed E-state index contributed by atoms with van der Waals surface area (Å²) < 4.78 is 9.72. The molecule has 0 atom stereocenters. The molecular formula is C58H36B2N4OS. The van der Waals surface area contributed by atoms with Crippen LogP contribution in [-0.2, 0) is 0 Å². The summed E-state index contributed by atoms with van der Waals surface area (Å²) in [5, 5.41) is 2.41. The molecule has 5 nitrogen and oxygen atoms in total. The molecule has 4 aliphatic heterocycles. The average molecular weight is 859 g/mol. The van der Waals surface area contributed by atoms with Crippen LogP contribution in [0.15, 0.2) is 223 Å². The molecule has 0 amide bonds. The third kappa shape index (κ3) is 4.86. The molecule has 11 aromatic rings. The largest absolute Gasteiger partial charge is 0.440 e. The van der Waals surface area contributed by atoms with E-state index in [9.17, 15) is 0 Å². The van der Waals surface area contributed by atoms with Gasteiger partial charge in [-0.1, -0.05) is 127 Å². The van der Waals surface area contributed by atoms with E-state index in [1.165, 1.54) is 70.6 Å². The summed E-state index contributed by atoms with van der Waals surface area (Å²) in [6.07, 6.45) is 0. The van der Waals surface area contributed by atoms with E-state index in [0.717, 1.165) is 51.0 Å². The highest BCUT2D eigenvalue weighted by Crippen LogP contribution is 2.50. The van der Waals surface area contributed by atoms with Crippen LogP contribution < -0.4 is 51.7 Å². The minimum Gasteiger partial charge on any atom is -0.440 e. The van der Waals surface area contributed by atoms with Crippen LogP contribution in [0.25, 0.3) is 21.1 Å². The Bertz CT molecular complexity index is 3760. The quantitative estimate of drug-likeness (QED) is 0.164. The summed E-state index contributed by atoms with van der Waals surface area (Å²) in [7, 11) is 0. The maximum atomic E-state index is 7.07. The number of furan rings is 1. The van der Waals surface area contributed by atoms with Crippen LogP contribution in [0.3, 0.4) is 0 Å². The molecule has 8 heteroatoms. The second kappa shape index (κ2) is 13.7. The van der Waals surface area contributed by atoms with Gasteiger partial charge < -0.3 is 19.1 Å². The van der Waals surface area contributed by atoms with Gasteiger partial charge in [-0.3, -0.25) is 4.90 Å². The van der Waals surface area contributed by atoms with Gasteiger partial charge in [0.2, 0.25) is 5.88 Å². The lowest BCUT2D eigenvalue weighted by Crippen LogP contribution is -2.64. The zero-order valence-corrected chi connectivity index (χ0v) is 36.4. The van der Waals surface area contributed by atoms with E-state index >= 15 is 0 Å². The third-order valence-electron chi connectivity index (χ3n) is 14.2. The number of para-hydroxylation sites is 5. The lowest BCUT2D eigenvalue weighted by atomic mass is 9.31. The van der Waals surface area contributed by atoms with Crippen molar-refractivity contribution in [3.8, 4) is 0 Å². The van der Waals surface area contributed by atoms with Gasteiger partial charge in [-0.05, 0) is 113 Å². The number of fused-ring (bicyclic) bond motifs is 12. The predicted molar refractivity (Wildman–Crippen MR) is 280 cm³/mol. The lowest BCUT2D eigenvalue weighted by molar-refractivity contribution is 0.623. The van der Waals surface area contributed by atoms with E-state index in [0.29, 0.717) is 0 Å². The molecule has 66 heavy (non-hydrogen) atoms. The number of thiophene rings is 1. The first-order valence-corrected chi connectivity index (χ1v) is 23.5. The third-order valence-corrected chi connectivity index (χ3v) is 15.4. The Hall–Kier alpha value is -8.19.